The number of β-amino-alcohol motifs (C(OH)–C–C–N with tert-alkyl or cyclic N) is 1. The number of hydrogen-bond acceptors (Lipinski definition) is 3. The molecule has 0 saturated carbocycles. The molecule has 3 atom stereocenters. The first kappa shape index (κ1) is 17.4. The Kier molecular flexibility index (Phi) is 5.51. The van der Waals surface area contributed by atoms with E-state index in [-0.39, 0.29) is 23.8 Å². The first-order valence-corrected chi connectivity index (χ1v) is 9.07. The molecule has 1 amide bonds. The molecule has 4 nitrogen and oxygen atoms in total. The topological polar surface area (TPSA) is 43.8 Å². The van der Waals surface area contributed by atoms with E-state index < -0.39 is 6.10 Å². The first-order chi connectivity index (χ1) is 11.6. The van der Waals surface area contributed by atoms with Crippen LogP contribution in [0.2, 0.25) is 0 Å². The van der Waals surface area contributed by atoms with Crippen LogP contribution < -0.4 is 0 Å². The highest BCUT2D eigenvalue weighted by Crippen LogP contribution is 2.32. The van der Waals surface area contributed by atoms with Crippen LogP contribution in [0, 0.1) is 5.82 Å². The summed E-state index contributed by atoms with van der Waals surface area (Å²) in [5.74, 6) is -0.136. The maximum Gasteiger partial charge on any atom is 0.222 e. The molecule has 1 N–H and O–H groups in total. The molecule has 0 aliphatic carbocycles. The lowest BCUT2D eigenvalue weighted by molar-refractivity contribution is -0.132. The lowest BCUT2D eigenvalue weighted by Crippen LogP contribution is -2.49. The molecule has 2 fully saturated rings. The average Bonchev–Trinajstić information content (AvgIpc) is 3.23. The second-order valence-corrected chi connectivity index (χ2v) is 6.89. The van der Waals surface area contributed by atoms with Gasteiger partial charge in [0.1, 0.15) is 5.82 Å². The molecular weight excluding hydrogens is 307 g/mol. The van der Waals surface area contributed by atoms with Gasteiger partial charge in [-0.05, 0) is 38.3 Å². The van der Waals surface area contributed by atoms with Crippen molar-refractivity contribution in [1.82, 2.24) is 9.80 Å². The van der Waals surface area contributed by atoms with Crippen molar-refractivity contribution in [2.24, 2.45) is 0 Å². The van der Waals surface area contributed by atoms with Gasteiger partial charge in [-0.2, -0.15) is 0 Å². The summed E-state index contributed by atoms with van der Waals surface area (Å²) in [5, 5.41) is 10.5. The molecule has 2 heterocycles. The van der Waals surface area contributed by atoms with E-state index in [1.807, 2.05) is 11.8 Å². The van der Waals surface area contributed by atoms with E-state index in [0.29, 0.717) is 18.5 Å². The van der Waals surface area contributed by atoms with Crippen LogP contribution in [0.5, 0.6) is 0 Å². The highest BCUT2D eigenvalue weighted by Gasteiger charge is 2.39. The first-order valence-electron chi connectivity index (χ1n) is 9.07. The van der Waals surface area contributed by atoms with Crippen LogP contribution >= 0.6 is 0 Å². The van der Waals surface area contributed by atoms with Crippen LogP contribution in [0.3, 0.4) is 0 Å². The molecule has 0 unspecified atom stereocenters. The number of carbonyl (C=O) groups is 1. The minimum absolute atomic E-state index is 0.221. The van der Waals surface area contributed by atoms with Crippen molar-refractivity contribution in [3.8, 4) is 0 Å². The van der Waals surface area contributed by atoms with Gasteiger partial charge in [0.25, 0.3) is 0 Å². The third-order valence-corrected chi connectivity index (χ3v) is 5.45. The Labute approximate surface area is 143 Å². The molecule has 2 saturated heterocycles. The predicted molar refractivity (Wildman–Crippen MR) is 91.0 cm³/mol. The number of benzene rings is 1. The zero-order chi connectivity index (χ0) is 17.1. The van der Waals surface area contributed by atoms with E-state index >= 15 is 0 Å². The van der Waals surface area contributed by atoms with Gasteiger partial charge in [0.2, 0.25) is 5.91 Å². The Hall–Kier alpha value is -1.46. The van der Waals surface area contributed by atoms with E-state index in [0.717, 1.165) is 38.8 Å². The summed E-state index contributed by atoms with van der Waals surface area (Å²) in [6.45, 7) is 4.08. The molecule has 132 valence electrons. The third-order valence-electron chi connectivity index (χ3n) is 5.45. The lowest BCUT2D eigenvalue weighted by Gasteiger charge is -2.36. The van der Waals surface area contributed by atoms with Crippen molar-refractivity contribution in [1.29, 1.82) is 0 Å². The summed E-state index contributed by atoms with van der Waals surface area (Å²) in [6.07, 6.45) is 3.91. The van der Waals surface area contributed by atoms with Crippen LogP contribution in [-0.4, -0.2) is 52.5 Å². The van der Waals surface area contributed by atoms with E-state index in [1.54, 1.807) is 18.2 Å². The van der Waals surface area contributed by atoms with Crippen molar-refractivity contribution in [2.45, 2.75) is 57.2 Å². The number of hydrogen-bond donors (Lipinski definition) is 1. The molecule has 24 heavy (non-hydrogen) atoms. The Balaban J connectivity index is 1.69. The Morgan fingerprint density at radius 1 is 1.25 bits per heavy atom. The molecule has 0 radical (unpaired) electrons. The number of amides is 1. The Morgan fingerprint density at radius 2 is 1.96 bits per heavy atom. The monoisotopic (exact) mass is 334 g/mol. The van der Waals surface area contributed by atoms with Crippen molar-refractivity contribution < 1.29 is 14.3 Å². The van der Waals surface area contributed by atoms with Gasteiger partial charge < -0.3 is 10.0 Å². The maximum absolute atomic E-state index is 13.9. The number of halogens is 1. The molecular formula is C19H27FN2O2. The summed E-state index contributed by atoms with van der Waals surface area (Å²) in [4.78, 5) is 16.5. The number of aliphatic hydroxyl groups excluding tert-OH is 1. The maximum atomic E-state index is 13.9. The van der Waals surface area contributed by atoms with Gasteiger partial charge in [0.05, 0.1) is 6.10 Å². The second kappa shape index (κ2) is 7.62. The third kappa shape index (κ3) is 3.47. The largest absolute Gasteiger partial charge is 0.387 e. The van der Waals surface area contributed by atoms with Gasteiger partial charge in [-0.15, -0.1) is 0 Å². The molecule has 3 rings (SSSR count). The Bertz CT molecular complexity index is 580. The van der Waals surface area contributed by atoms with E-state index in [2.05, 4.69) is 4.90 Å². The van der Waals surface area contributed by atoms with Crippen LogP contribution in [-0.2, 0) is 4.79 Å². The van der Waals surface area contributed by atoms with Gasteiger partial charge in [-0.25, -0.2) is 4.39 Å². The number of likely N-dealkylation sites (tertiary alicyclic amines) is 2. The van der Waals surface area contributed by atoms with Crippen LogP contribution in [0.1, 0.15) is 50.7 Å². The lowest BCUT2D eigenvalue weighted by atomic mass is 10.0. The molecule has 0 aromatic heterocycles. The highest BCUT2D eigenvalue weighted by atomic mass is 19.1. The molecule has 1 aromatic carbocycles. The number of aliphatic hydroxyl groups is 1. The Morgan fingerprint density at radius 3 is 2.71 bits per heavy atom. The zero-order valence-electron chi connectivity index (χ0n) is 14.3. The van der Waals surface area contributed by atoms with Crippen molar-refractivity contribution in [3.63, 3.8) is 0 Å². The van der Waals surface area contributed by atoms with Crippen molar-refractivity contribution >= 4 is 5.91 Å². The summed E-state index contributed by atoms with van der Waals surface area (Å²) in [6, 6.07) is 6.95. The second-order valence-electron chi connectivity index (χ2n) is 6.89. The summed E-state index contributed by atoms with van der Waals surface area (Å²) >= 11 is 0. The fourth-order valence-corrected chi connectivity index (χ4v) is 4.29. The SMILES string of the molecule is CCC(=O)N1CCC[C@@H]1[C@@H]1CCCN1C[C@@H](O)c1ccccc1F. The van der Waals surface area contributed by atoms with Crippen molar-refractivity contribution in [3.05, 3.63) is 35.6 Å². The average molecular weight is 334 g/mol. The molecule has 0 spiro atoms. The zero-order valence-corrected chi connectivity index (χ0v) is 14.3. The fraction of sp³-hybridized carbons (Fsp3) is 0.632. The fourth-order valence-electron chi connectivity index (χ4n) is 4.29. The van der Waals surface area contributed by atoms with E-state index in [9.17, 15) is 14.3 Å². The van der Waals surface area contributed by atoms with Crippen LogP contribution in [0.25, 0.3) is 0 Å². The standard InChI is InChI=1S/C19H27FN2O2/c1-2-19(24)22-12-6-10-17(22)16-9-5-11-21(16)13-18(23)14-7-3-4-8-15(14)20/h3-4,7-8,16-18,23H,2,5-6,9-13H2,1H3/t16-,17+,18+/m0/s1. The predicted octanol–water partition coefficient (Wildman–Crippen LogP) is 2.72. The van der Waals surface area contributed by atoms with E-state index in [4.69, 9.17) is 0 Å². The van der Waals surface area contributed by atoms with Crippen LogP contribution in [0.15, 0.2) is 24.3 Å². The van der Waals surface area contributed by atoms with Gasteiger partial charge >= 0.3 is 0 Å². The molecule has 2 aliphatic rings. The number of rotatable bonds is 5. The minimum atomic E-state index is -0.830. The normalized spacial score (nSPS) is 26.0. The van der Waals surface area contributed by atoms with Gasteiger partial charge in [0.15, 0.2) is 0 Å². The number of carbonyl (C=O) groups excluding carboxylic acids is 1. The smallest absolute Gasteiger partial charge is 0.222 e. The van der Waals surface area contributed by atoms with E-state index in [1.165, 1.54) is 6.07 Å². The van der Waals surface area contributed by atoms with Gasteiger partial charge in [0, 0.05) is 37.2 Å². The number of nitrogens with zero attached hydrogens (tertiary/aromatic N) is 2. The van der Waals surface area contributed by atoms with Crippen molar-refractivity contribution in [2.75, 3.05) is 19.6 Å². The van der Waals surface area contributed by atoms with Gasteiger partial charge in [-0.3, -0.25) is 9.69 Å². The molecule has 0 bridgehead atoms. The highest BCUT2D eigenvalue weighted by molar-refractivity contribution is 5.76. The summed E-state index contributed by atoms with van der Waals surface area (Å²) in [7, 11) is 0. The molecule has 2 aliphatic heterocycles. The molecule has 5 heteroatoms. The van der Waals surface area contributed by atoms with Crippen LogP contribution in [0.4, 0.5) is 4.39 Å². The quantitative estimate of drug-likeness (QED) is 0.900. The van der Waals surface area contributed by atoms with Gasteiger partial charge in [-0.1, -0.05) is 25.1 Å². The minimum Gasteiger partial charge on any atom is -0.387 e. The molecule has 1 aromatic rings. The summed E-state index contributed by atoms with van der Waals surface area (Å²) in [5.41, 5.74) is 0.357. The summed E-state index contributed by atoms with van der Waals surface area (Å²) < 4.78 is 13.9.